The van der Waals surface area contributed by atoms with E-state index in [0.29, 0.717) is 0 Å². The largest absolute Gasteiger partial charge is 0.466 e. The van der Waals surface area contributed by atoms with Crippen LogP contribution >= 0.6 is 0 Å². The first-order valence-corrected chi connectivity index (χ1v) is 3.53. The molecule has 0 fully saturated rings. The standard InChI is InChI=1S/C8H12O4/c1-6(2)12-8(10)5-4-7(9)11-3/h4-6H,1-3H3. The molecule has 0 rings (SSSR count). The van der Waals surface area contributed by atoms with Gasteiger partial charge in [0.05, 0.1) is 13.2 Å². The van der Waals surface area contributed by atoms with E-state index in [4.69, 9.17) is 4.74 Å². The van der Waals surface area contributed by atoms with Gasteiger partial charge < -0.3 is 9.47 Å². The third kappa shape index (κ3) is 5.46. The van der Waals surface area contributed by atoms with Gasteiger partial charge in [0, 0.05) is 12.2 Å². The van der Waals surface area contributed by atoms with Crippen molar-refractivity contribution in [1.29, 1.82) is 0 Å². The van der Waals surface area contributed by atoms with E-state index >= 15 is 0 Å². The number of methoxy groups -OCH3 is 1. The van der Waals surface area contributed by atoms with Crippen molar-refractivity contribution in [2.75, 3.05) is 7.11 Å². The summed E-state index contributed by atoms with van der Waals surface area (Å²) in [6.45, 7) is 3.45. The van der Waals surface area contributed by atoms with E-state index in [1.165, 1.54) is 7.11 Å². The third-order valence-corrected chi connectivity index (χ3v) is 0.909. The van der Waals surface area contributed by atoms with Crippen LogP contribution in [0.2, 0.25) is 0 Å². The highest BCUT2D eigenvalue weighted by molar-refractivity contribution is 5.91. The zero-order valence-electron chi connectivity index (χ0n) is 7.37. The second-order valence-corrected chi connectivity index (χ2v) is 2.34. The van der Waals surface area contributed by atoms with Crippen LogP contribution < -0.4 is 0 Å². The van der Waals surface area contributed by atoms with Crippen molar-refractivity contribution < 1.29 is 19.1 Å². The maximum Gasteiger partial charge on any atom is 0.331 e. The summed E-state index contributed by atoms with van der Waals surface area (Å²) in [5.74, 6) is -1.12. The molecule has 0 amide bonds. The van der Waals surface area contributed by atoms with Crippen LogP contribution in [0, 0.1) is 0 Å². The summed E-state index contributed by atoms with van der Waals surface area (Å²) in [4.78, 5) is 21.2. The number of ether oxygens (including phenoxy) is 2. The van der Waals surface area contributed by atoms with Crippen molar-refractivity contribution in [3.05, 3.63) is 12.2 Å². The number of hydrogen-bond donors (Lipinski definition) is 0. The van der Waals surface area contributed by atoms with Crippen molar-refractivity contribution >= 4 is 11.9 Å². The Hall–Kier alpha value is -1.32. The number of carbonyl (C=O) groups is 2. The monoisotopic (exact) mass is 172 g/mol. The summed E-state index contributed by atoms with van der Waals surface area (Å²) in [6, 6.07) is 0. The zero-order chi connectivity index (χ0) is 9.56. The van der Waals surface area contributed by atoms with Crippen molar-refractivity contribution in [3.63, 3.8) is 0 Å². The Kier molecular flexibility index (Phi) is 4.76. The van der Waals surface area contributed by atoms with Gasteiger partial charge in [0.2, 0.25) is 0 Å². The molecule has 0 aliphatic heterocycles. The smallest absolute Gasteiger partial charge is 0.331 e. The third-order valence-electron chi connectivity index (χ3n) is 0.909. The molecule has 0 spiro atoms. The fourth-order valence-corrected chi connectivity index (χ4v) is 0.476. The van der Waals surface area contributed by atoms with Gasteiger partial charge in [-0.15, -0.1) is 0 Å². The van der Waals surface area contributed by atoms with E-state index in [1.807, 2.05) is 0 Å². The molecule has 0 saturated carbocycles. The Morgan fingerprint density at radius 1 is 1.17 bits per heavy atom. The lowest BCUT2D eigenvalue weighted by Gasteiger charge is -2.03. The van der Waals surface area contributed by atoms with Crippen LogP contribution in [-0.2, 0) is 19.1 Å². The van der Waals surface area contributed by atoms with Gasteiger partial charge in [-0.25, -0.2) is 9.59 Å². The molecule has 0 atom stereocenters. The predicted octanol–water partition coefficient (Wildman–Crippen LogP) is 0.667. The maximum atomic E-state index is 10.8. The van der Waals surface area contributed by atoms with E-state index in [1.54, 1.807) is 13.8 Å². The summed E-state index contributed by atoms with van der Waals surface area (Å²) in [6.07, 6.45) is 1.87. The fraction of sp³-hybridized carbons (Fsp3) is 0.500. The summed E-state index contributed by atoms with van der Waals surface area (Å²) < 4.78 is 8.98. The Labute approximate surface area is 71.2 Å². The number of rotatable bonds is 3. The maximum absolute atomic E-state index is 10.8. The van der Waals surface area contributed by atoms with Gasteiger partial charge in [-0.3, -0.25) is 0 Å². The van der Waals surface area contributed by atoms with Gasteiger partial charge in [0.15, 0.2) is 0 Å². The molecule has 0 bridgehead atoms. The molecule has 12 heavy (non-hydrogen) atoms. The quantitative estimate of drug-likeness (QED) is 0.463. The molecule has 0 aromatic heterocycles. The molecular weight excluding hydrogens is 160 g/mol. The van der Waals surface area contributed by atoms with Crippen molar-refractivity contribution in [3.8, 4) is 0 Å². The molecule has 4 nitrogen and oxygen atoms in total. The highest BCUT2D eigenvalue weighted by Gasteiger charge is 2.00. The van der Waals surface area contributed by atoms with Crippen LogP contribution in [0.25, 0.3) is 0 Å². The van der Waals surface area contributed by atoms with Crippen LogP contribution in [0.15, 0.2) is 12.2 Å². The Balaban J connectivity index is 3.83. The molecular formula is C8H12O4. The fourth-order valence-electron chi connectivity index (χ4n) is 0.476. The molecule has 0 aromatic rings. The molecule has 4 heteroatoms. The van der Waals surface area contributed by atoms with E-state index in [0.717, 1.165) is 12.2 Å². The summed E-state index contributed by atoms with van der Waals surface area (Å²) in [7, 11) is 1.24. The normalized spacial score (nSPS) is 10.3. The molecule has 0 aliphatic carbocycles. The highest BCUT2D eigenvalue weighted by atomic mass is 16.5. The second-order valence-electron chi connectivity index (χ2n) is 2.34. The molecule has 0 aliphatic rings. The summed E-state index contributed by atoms with van der Waals surface area (Å²) in [5.41, 5.74) is 0. The number of hydrogen-bond acceptors (Lipinski definition) is 4. The first kappa shape index (κ1) is 10.7. The lowest BCUT2D eigenvalue weighted by Crippen LogP contribution is -2.09. The minimum atomic E-state index is -0.573. The van der Waals surface area contributed by atoms with Gasteiger partial charge in [-0.05, 0) is 13.8 Å². The molecule has 0 heterocycles. The molecule has 0 radical (unpaired) electrons. The lowest BCUT2D eigenvalue weighted by molar-refractivity contribution is -0.142. The van der Waals surface area contributed by atoms with Crippen LogP contribution in [0.3, 0.4) is 0 Å². The Morgan fingerprint density at radius 3 is 2.08 bits per heavy atom. The SMILES string of the molecule is COC(=O)C=CC(=O)OC(C)C. The predicted molar refractivity (Wildman–Crippen MR) is 42.4 cm³/mol. The Bertz CT molecular complexity index is 193. The average molecular weight is 172 g/mol. The molecule has 0 aromatic carbocycles. The van der Waals surface area contributed by atoms with Crippen LogP contribution in [0.5, 0.6) is 0 Å². The molecule has 0 saturated heterocycles. The van der Waals surface area contributed by atoms with Crippen LogP contribution in [0.4, 0.5) is 0 Å². The molecule has 68 valence electrons. The van der Waals surface area contributed by atoms with Gasteiger partial charge >= 0.3 is 11.9 Å². The van der Waals surface area contributed by atoms with Gasteiger partial charge in [0.1, 0.15) is 0 Å². The van der Waals surface area contributed by atoms with E-state index in [2.05, 4.69) is 4.74 Å². The first-order chi connectivity index (χ1) is 5.56. The van der Waals surface area contributed by atoms with E-state index in [-0.39, 0.29) is 6.10 Å². The minimum absolute atomic E-state index is 0.181. The summed E-state index contributed by atoms with van der Waals surface area (Å²) in [5, 5.41) is 0. The topological polar surface area (TPSA) is 52.6 Å². The summed E-state index contributed by atoms with van der Waals surface area (Å²) >= 11 is 0. The van der Waals surface area contributed by atoms with Crippen molar-refractivity contribution in [2.45, 2.75) is 20.0 Å². The van der Waals surface area contributed by atoms with E-state index < -0.39 is 11.9 Å². The average Bonchev–Trinajstić information content (AvgIpc) is 1.99. The highest BCUT2D eigenvalue weighted by Crippen LogP contribution is 1.90. The van der Waals surface area contributed by atoms with Gasteiger partial charge in [-0.2, -0.15) is 0 Å². The van der Waals surface area contributed by atoms with Gasteiger partial charge in [-0.1, -0.05) is 0 Å². The molecule has 0 N–H and O–H groups in total. The van der Waals surface area contributed by atoms with Crippen LogP contribution in [-0.4, -0.2) is 25.2 Å². The van der Waals surface area contributed by atoms with Crippen LogP contribution in [0.1, 0.15) is 13.8 Å². The Morgan fingerprint density at radius 2 is 1.67 bits per heavy atom. The second kappa shape index (κ2) is 5.35. The van der Waals surface area contributed by atoms with Crippen molar-refractivity contribution in [1.82, 2.24) is 0 Å². The first-order valence-electron chi connectivity index (χ1n) is 3.53. The molecule has 0 unspecified atom stereocenters. The number of carbonyl (C=O) groups excluding carboxylic acids is 2. The minimum Gasteiger partial charge on any atom is -0.466 e. The van der Waals surface area contributed by atoms with Crippen molar-refractivity contribution in [2.24, 2.45) is 0 Å². The van der Waals surface area contributed by atoms with Gasteiger partial charge in [0.25, 0.3) is 0 Å². The lowest BCUT2D eigenvalue weighted by atomic mass is 10.4. The van der Waals surface area contributed by atoms with E-state index in [9.17, 15) is 9.59 Å². The zero-order valence-corrected chi connectivity index (χ0v) is 7.37. The number of esters is 2.